The molecule has 0 bridgehead atoms. The van der Waals surface area contributed by atoms with E-state index in [1.54, 1.807) is 6.92 Å². The van der Waals surface area contributed by atoms with Gasteiger partial charge in [0.15, 0.2) is 11.4 Å². The summed E-state index contributed by atoms with van der Waals surface area (Å²) in [5.41, 5.74) is 1.18. The number of aromatic hydroxyl groups is 1. The number of allylic oxidation sites excluding steroid dienone is 1. The van der Waals surface area contributed by atoms with Gasteiger partial charge in [-0.25, -0.2) is 0 Å². The number of primary amides is 1. The van der Waals surface area contributed by atoms with E-state index >= 15 is 0 Å². The number of rotatable bonds is 3. The number of ketones is 2. The van der Waals surface area contributed by atoms with Gasteiger partial charge in [0.1, 0.15) is 22.8 Å². The number of aliphatic hydroxyl groups excluding tert-OH is 3. The fourth-order valence-corrected chi connectivity index (χ4v) is 6.61. The Hall–Kier alpha value is -3.70. The van der Waals surface area contributed by atoms with Gasteiger partial charge in [0.05, 0.1) is 11.7 Å². The van der Waals surface area contributed by atoms with Gasteiger partial charge >= 0.3 is 0 Å². The summed E-state index contributed by atoms with van der Waals surface area (Å²) in [6, 6.07) is 2.68. The van der Waals surface area contributed by atoms with Crippen LogP contribution in [0.3, 0.4) is 0 Å². The van der Waals surface area contributed by atoms with Crippen LogP contribution in [0, 0.1) is 17.8 Å². The third-order valence-electron chi connectivity index (χ3n) is 8.46. The molecule has 5 atom stereocenters. The molecule has 37 heavy (non-hydrogen) atoms. The number of hydrogen-bond acceptors (Lipinski definition) is 9. The van der Waals surface area contributed by atoms with Crippen LogP contribution in [0.5, 0.6) is 5.75 Å². The summed E-state index contributed by atoms with van der Waals surface area (Å²) >= 11 is 0. The van der Waals surface area contributed by atoms with E-state index in [1.165, 1.54) is 12.1 Å². The zero-order valence-electron chi connectivity index (χ0n) is 20.0. The molecule has 0 radical (unpaired) electrons. The van der Waals surface area contributed by atoms with Crippen LogP contribution in [0.4, 0.5) is 5.69 Å². The van der Waals surface area contributed by atoms with Crippen molar-refractivity contribution >= 4 is 29.1 Å². The van der Waals surface area contributed by atoms with E-state index in [1.807, 2.05) is 0 Å². The van der Waals surface area contributed by atoms with Crippen LogP contribution in [0.1, 0.15) is 60.9 Å². The first-order valence-corrected chi connectivity index (χ1v) is 12.2. The number of phenolic OH excluding ortho intramolecular Hbond substituents is 1. The number of Topliss-reactive ketones (excluding diaryl/α,β-unsaturated/α-hetero) is 2. The lowest BCUT2D eigenvalue weighted by molar-refractivity contribution is -0.154. The van der Waals surface area contributed by atoms with Gasteiger partial charge in [-0.15, -0.1) is 0 Å². The maximum atomic E-state index is 13.7. The third kappa shape index (κ3) is 3.33. The predicted molar refractivity (Wildman–Crippen MR) is 128 cm³/mol. The summed E-state index contributed by atoms with van der Waals surface area (Å²) in [6.45, 7) is 1.62. The molecule has 4 aliphatic carbocycles. The van der Waals surface area contributed by atoms with Crippen LogP contribution in [0.15, 0.2) is 34.8 Å². The van der Waals surface area contributed by atoms with Crippen LogP contribution < -0.4 is 11.1 Å². The fourth-order valence-electron chi connectivity index (χ4n) is 6.61. The van der Waals surface area contributed by atoms with Gasteiger partial charge in [0, 0.05) is 35.4 Å². The average molecular weight is 513 g/mol. The summed E-state index contributed by atoms with van der Waals surface area (Å²) in [4.78, 5) is 51.4. The molecule has 5 rings (SSSR count). The number of fused-ring (bicyclic) bond motifs is 3. The van der Waals surface area contributed by atoms with Crippen LogP contribution in [0.2, 0.25) is 0 Å². The lowest BCUT2D eigenvalue weighted by Crippen LogP contribution is -2.62. The van der Waals surface area contributed by atoms with Crippen molar-refractivity contribution in [2.45, 2.75) is 56.7 Å². The molecule has 0 heterocycles. The van der Waals surface area contributed by atoms with E-state index in [4.69, 9.17) is 5.73 Å². The van der Waals surface area contributed by atoms with Crippen molar-refractivity contribution in [2.24, 2.45) is 23.5 Å². The molecule has 2 unspecified atom stereocenters. The number of nitrogens with one attached hydrogen (secondary N) is 1. The first-order chi connectivity index (χ1) is 17.4. The Labute approximate surface area is 211 Å². The molecule has 196 valence electrons. The molecule has 4 aliphatic rings. The van der Waals surface area contributed by atoms with Crippen LogP contribution >= 0.6 is 0 Å². The first-order valence-electron chi connectivity index (χ1n) is 12.2. The second kappa shape index (κ2) is 8.42. The standard InChI is InChI=1S/C26H28N2O9/c1-9-15-12(28-25(36)10-4-2-3-5-10)6-7-13(29)17(15)21(32)19-16(9)20(31)11-8-14(30)18(24(27)35)22(33)26(11,37)23(19)34/h6-7,9-11,16,20,29-31,34,37H,2-5,8H2,1H3,(H2,27,35)(H,28,36)/t9?,11-,16-,20?,26-/m1/s1. The van der Waals surface area contributed by atoms with Crippen LogP contribution in [-0.4, -0.2) is 60.6 Å². The predicted octanol–water partition coefficient (Wildman–Crippen LogP) is 1.24. The zero-order chi connectivity index (χ0) is 27.0. The largest absolute Gasteiger partial charge is 0.511 e. The number of amides is 2. The van der Waals surface area contributed by atoms with Crippen LogP contribution in [-0.2, 0) is 14.4 Å². The lowest BCUT2D eigenvalue weighted by Gasteiger charge is -2.50. The number of benzene rings is 1. The molecule has 11 nitrogen and oxygen atoms in total. The molecule has 1 aromatic rings. The smallest absolute Gasteiger partial charge is 0.255 e. The lowest BCUT2D eigenvalue weighted by atomic mass is 9.56. The molecule has 2 amide bonds. The normalized spacial score (nSPS) is 31.6. The number of carbonyl (C=O) groups excluding carboxylic acids is 4. The molecular formula is C26H28N2O9. The van der Waals surface area contributed by atoms with Gasteiger partial charge < -0.3 is 36.6 Å². The summed E-state index contributed by atoms with van der Waals surface area (Å²) in [6.07, 6.45) is 1.15. The summed E-state index contributed by atoms with van der Waals surface area (Å²) in [5.74, 6) is -9.80. The highest BCUT2D eigenvalue weighted by molar-refractivity contribution is 6.24. The van der Waals surface area contributed by atoms with Gasteiger partial charge in [-0.1, -0.05) is 19.8 Å². The molecule has 0 saturated heterocycles. The Morgan fingerprint density at radius 3 is 2.38 bits per heavy atom. The molecule has 1 saturated carbocycles. The highest BCUT2D eigenvalue weighted by Gasteiger charge is 2.64. The van der Waals surface area contributed by atoms with Crippen molar-refractivity contribution < 1.29 is 44.7 Å². The highest BCUT2D eigenvalue weighted by atomic mass is 16.4. The Balaban J connectivity index is 1.66. The number of nitrogens with two attached hydrogens (primary N) is 1. The van der Waals surface area contributed by atoms with E-state index < -0.39 is 81.8 Å². The Morgan fingerprint density at radius 1 is 1.11 bits per heavy atom. The number of anilines is 1. The second-order valence-electron chi connectivity index (χ2n) is 10.4. The molecule has 11 heteroatoms. The first kappa shape index (κ1) is 25.0. The molecule has 1 fully saturated rings. The Kier molecular flexibility index (Phi) is 5.68. The minimum atomic E-state index is -2.89. The van der Waals surface area contributed by atoms with Crippen molar-refractivity contribution in [3.63, 3.8) is 0 Å². The zero-order valence-corrected chi connectivity index (χ0v) is 20.0. The number of aliphatic hydroxyl groups is 4. The van der Waals surface area contributed by atoms with Gasteiger partial charge in [-0.3, -0.25) is 19.2 Å². The maximum absolute atomic E-state index is 13.7. The fraction of sp³-hybridized carbons (Fsp3) is 0.462. The topological polar surface area (TPSA) is 207 Å². The van der Waals surface area contributed by atoms with Crippen molar-refractivity contribution in [2.75, 3.05) is 5.32 Å². The molecule has 8 N–H and O–H groups in total. The van der Waals surface area contributed by atoms with Crippen molar-refractivity contribution in [3.8, 4) is 5.75 Å². The number of hydrogen-bond donors (Lipinski definition) is 7. The van der Waals surface area contributed by atoms with Crippen molar-refractivity contribution in [1.29, 1.82) is 0 Å². The maximum Gasteiger partial charge on any atom is 0.255 e. The molecule has 0 aliphatic heterocycles. The SMILES string of the molecule is CC1c2c(NC(=O)C3CCCC3)ccc(O)c2C(=O)C2=C(O)[C@]3(O)C(=O)C(C(N)=O)=C(O)C[C@@H]3C(O)[C@@H]21. The van der Waals surface area contributed by atoms with E-state index in [-0.39, 0.29) is 28.6 Å². The molecular weight excluding hydrogens is 484 g/mol. The quantitative estimate of drug-likeness (QED) is 0.229. The van der Waals surface area contributed by atoms with E-state index in [0.29, 0.717) is 0 Å². The van der Waals surface area contributed by atoms with E-state index in [0.717, 1.165) is 25.7 Å². The summed E-state index contributed by atoms with van der Waals surface area (Å²) in [7, 11) is 0. The second-order valence-corrected chi connectivity index (χ2v) is 10.4. The minimum absolute atomic E-state index is 0.184. The third-order valence-corrected chi connectivity index (χ3v) is 8.46. The highest BCUT2D eigenvalue weighted by Crippen LogP contribution is 2.56. The minimum Gasteiger partial charge on any atom is -0.511 e. The molecule has 0 spiro atoms. The Morgan fingerprint density at radius 2 is 1.76 bits per heavy atom. The monoisotopic (exact) mass is 512 g/mol. The van der Waals surface area contributed by atoms with Crippen LogP contribution in [0.25, 0.3) is 0 Å². The number of phenols is 1. The van der Waals surface area contributed by atoms with Crippen molar-refractivity contribution in [3.05, 3.63) is 45.9 Å². The number of carbonyl (C=O) groups is 4. The molecule has 0 aromatic heterocycles. The van der Waals surface area contributed by atoms with Gasteiger partial charge in [0.25, 0.3) is 5.91 Å². The van der Waals surface area contributed by atoms with Gasteiger partial charge in [-0.05, 0) is 36.5 Å². The average Bonchev–Trinajstić information content (AvgIpc) is 3.38. The summed E-state index contributed by atoms with van der Waals surface area (Å²) in [5, 5.41) is 57.7. The van der Waals surface area contributed by atoms with E-state index in [9.17, 15) is 44.7 Å². The Bertz CT molecular complexity index is 1320. The van der Waals surface area contributed by atoms with Gasteiger partial charge in [-0.2, -0.15) is 0 Å². The molecule has 1 aromatic carbocycles. The van der Waals surface area contributed by atoms with Gasteiger partial charge in [0.2, 0.25) is 11.7 Å². The van der Waals surface area contributed by atoms with Crippen molar-refractivity contribution in [1.82, 2.24) is 0 Å². The van der Waals surface area contributed by atoms with E-state index in [2.05, 4.69) is 5.32 Å². The summed E-state index contributed by atoms with van der Waals surface area (Å²) < 4.78 is 0.